The molecule has 1 fully saturated rings. The largest absolute Gasteiger partial charge is 0.493 e. The van der Waals surface area contributed by atoms with Gasteiger partial charge < -0.3 is 19.5 Å². The van der Waals surface area contributed by atoms with Crippen LogP contribution >= 0.6 is 0 Å². The zero-order valence-electron chi connectivity index (χ0n) is 14.2. The van der Waals surface area contributed by atoms with E-state index < -0.39 is 11.9 Å². The minimum Gasteiger partial charge on any atom is -0.493 e. The standard InChI is InChI=1S/C18H23NO5/c1-5-6-12-7-13(8-15(23-3)16(12)24-4)17(20)19-9-11(2)14(10-19)18(21)22/h5,7-8,11,14H,1,6,9-10H2,2-4H3,(H,21,22)/t11-,14-/m1/s1. The summed E-state index contributed by atoms with van der Waals surface area (Å²) in [6, 6.07) is 3.39. The first-order chi connectivity index (χ1) is 11.4. The van der Waals surface area contributed by atoms with Crippen molar-refractivity contribution in [1.29, 1.82) is 0 Å². The van der Waals surface area contributed by atoms with Gasteiger partial charge in [0, 0.05) is 24.2 Å². The number of carbonyl (C=O) groups excluding carboxylic acids is 1. The number of likely N-dealkylation sites (tertiary alicyclic amines) is 1. The molecule has 1 saturated heterocycles. The molecule has 0 bridgehead atoms. The van der Waals surface area contributed by atoms with Gasteiger partial charge in [0.2, 0.25) is 0 Å². The molecule has 6 nitrogen and oxygen atoms in total. The summed E-state index contributed by atoms with van der Waals surface area (Å²) in [6.07, 6.45) is 2.26. The maximum absolute atomic E-state index is 12.8. The number of benzene rings is 1. The Hall–Kier alpha value is -2.50. The number of carboxylic acids is 1. The van der Waals surface area contributed by atoms with E-state index in [0.29, 0.717) is 30.0 Å². The van der Waals surface area contributed by atoms with Crippen molar-refractivity contribution in [2.24, 2.45) is 11.8 Å². The van der Waals surface area contributed by atoms with Crippen LogP contribution in [0.5, 0.6) is 11.5 Å². The Balaban J connectivity index is 2.34. The van der Waals surface area contributed by atoms with Crippen LogP contribution in [0.15, 0.2) is 24.8 Å². The number of amides is 1. The number of hydrogen-bond donors (Lipinski definition) is 1. The normalized spacial score (nSPS) is 19.9. The number of allylic oxidation sites excluding steroid dienone is 1. The van der Waals surface area contributed by atoms with E-state index in [0.717, 1.165) is 5.56 Å². The summed E-state index contributed by atoms with van der Waals surface area (Å²) in [7, 11) is 3.06. The Bertz CT molecular complexity index is 655. The van der Waals surface area contributed by atoms with Gasteiger partial charge in [-0.2, -0.15) is 0 Å². The molecule has 1 aromatic carbocycles. The average Bonchev–Trinajstić information content (AvgIpc) is 2.95. The summed E-state index contributed by atoms with van der Waals surface area (Å²) in [4.78, 5) is 25.6. The highest BCUT2D eigenvalue weighted by Gasteiger charge is 2.37. The van der Waals surface area contributed by atoms with Crippen LogP contribution in [0.1, 0.15) is 22.8 Å². The molecular formula is C18H23NO5. The van der Waals surface area contributed by atoms with E-state index in [1.165, 1.54) is 7.11 Å². The van der Waals surface area contributed by atoms with Gasteiger partial charge in [-0.15, -0.1) is 6.58 Å². The van der Waals surface area contributed by atoms with E-state index in [4.69, 9.17) is 9.47 Å². The average molecular weight is 333 g/mol. The van der Waals surface area contributed by atoms with Crippen LogP contribution in [0.3, 0.4) is 0 Å². The first-order valence-electron chi connectivity index (χ1n) is 7.80. The molecule has 2 atom stereocenters. The van der Waals surface area contributed by atoms with E-state index in [9.17, 15) is 14.7 Å². The van der Waals surface area contributed by atoms with E-state index in [-0.39, 0.29) is 18.4 Å². The van der Waals surface area contributed by atoms with Gasteiger partial charge in [-0.05, 0) is 24.5 Å². The Kier molecular flexibility index (Phi) is 5.49. The van der Waals surface area contributed by atoms with Gasteiger partial charge in [0.1, 0.15) is 0 Å². The van der Waals surface area contributed by atoms with Crippen molar-refractivity contribution in [1.82, 2.24) is 4.90 Å². The Morgan fingerprint density at radius 3 is 2.54 bits per heavy atom. The minimum atomic E-state index is -0.863. The molecule has 0 aromatic heterocycles. The van der Waals surface area contributed by atoms with Crippen molar-refractivity contribution >= 4 is 11.9 Å². The quantitative estimate of drug-likeness (QED) is 0.808. The molecule has 6 heteroatoms. The van der Waals surface area contributed by atoms with Crippen LogP contribution < -0.4 is 9.47 Å². The lowest BCUT2D eigenvalue weighted by atomic mass is 9.99. The molecule has 0 radical (unpaired) electrons. The summed E-state index contributed by atoms with van der Waals surface area (Å²) in [5.74, 6) is -0.607. The van der Waals surface area contributed by atoms with E-state index in [2.05, 4.69) is 6.58 Å². The van der Waals surface area contributed by atoms with E-state index in [1.807, 2.05) is 6.92 Å². The topological polar surface area (TPSA) is 76.1 Å². The SMILES string of the molecule is C=CCc1cc(C(=O)N2C[C@@H](C)[C@H](C(=O)O)C2)cc(OC)c1OC. The van der Waals surface area contributed by atoms with Gasteiger partial charge in [-0.1, -0.05) is 13.0 Å². The van der Waals surface area contributed by atoms with Crippen molar-refractivity contribution in [2.45, 2.75) is 13.3 Å². The number of rotatable bonds is 6. The van der Waals surface area contributed by atoms with Gasteiger partial charge in [0.25, 0.3) is 5.91 Å². The number of carboxylic acid groups (broad SMARTS) is 1. The molecule has 1 heterocycles. The fraction of sp³-hybridized carbons (Fsp3) is 0.444. The Labute approximate surface area is 141 Å². The smallest absolute Gasteiger partial charge is 0.308 e. The number of nitrogens with zero attached hydrogens (tertiary/aromatic N) is 1. The number of ether oxygens (including phenoxy) is 2. The first kappa shape index (κ1) is 17.8. The molecule has 1 amide bonds. The highest BCUT2D eigenvalue weighted by Crippen LogP contribution is 2.34. The highest BCUT2D eigenvalue weighted by molar-refractivity contribution is 5.96. The monoisotopic (exact) mass is 333 g/mol. The fourth-order valence-corrected chi connectivity index (χ4v) is 3.11. The Morgan fingerprint density at radius 2 is 2.04 bits per heavy atom. The fourth-order valence-electron chi connectivity index (χ4n) is 3.11. The molecule has 1 aliphatic heterocycles. The van der Waals surface area contributed by atoms with Crippen molar-refractivity contribution in [3.63, 3.8) is 0 Å². The van der Waals surface area contributed by atoms with Crippen molar-refractivity contribution in [3.05, 3.63) is 35.9 Å². The molecule has 0 spiro atoms. The van der Waals surface area contributed by atoms with E-state index in [1.54, 1.807) is 30.2 Å². The lowest BCUT2D eigenvalue weighted by Crippen LogP contribution is -2.30. The lowest BCUT2D eigenvalue weighted by Gasteiger charge is -2.19. The molecule has 1 aliphatic rings. The third kappa shape index (κ3) is 3.37. The molecule has 1 aromatic rings. The highest BCUT2D eigenvalue weighted by atomic mass is 16.5. The van der Waals surface area contributed by atoms with Crippen LogP contribution in [-0.2, 0) is 11.2 Å². The second-order valence-electron chi connectivity index (χ2n) is 6.00. The van der Waals surface area contributed by atoms with Crippen LogP contribution in [-0.4, -0.2) is 49.2 Å². The van der Waals surface area contributed by atoms with Crippen LogP contribution in [0.25, 0.3) is 0 Å². The molecular weight excluding hydrogens is 310 g/mol. The molecule has 1 N–H and O–H groups in total. The third-order valence-corrected chi connectivity index (χ3v) is 4.38. The van der Waals surface area contributed by atoms with Crippen molar-refractivity contribution < 1.29 is 24.2 Å². The third-order valence-electron chi connectivity index (χ3n) is 4.38. The zero-order valence-corrected chi connectivity index (χ0v) is 14.2. The molecule has 0 aliphatic carbocycles. The first-order valence-corrected chi connectivity index (χ1v) is 7.80. The summed E-state index contributed by atoms with van der Waals surface area (Å²) in [5, 5.41) is 9.23. The molecule has 130 valence electrons. The minimum absolute atomic E-state index is 0.0701. The molecule has 0 saturated carbocycles. The van der Waals surface area contributed by atoms with Gasteiger partial charge >= 0.3 is 5.97 Å². The van der Waals surface area contributed by atoms with Crippen LogP contribution in [0.2, 0.25) is 0 Å². The predicted molar refractivity (Wildman–Crippen MR) is 89.6 cm³/mol. The van der Waals surface area contributed by atoms with Crippen LogP contribution in [0, 0.1) is 11.8 Å². The number of aliphatic carboxylic acids is 1. The molecule has 2 rings (SSSR count). The lowest BCUT2D eigenvalue weighted by molar-refractivity contribution is -0.142. The van der Waals surface area contributed by atoms with Crippen molar-refractivity contribution in [2.75, 3.05) is 27.3 Å². The maximum atomic E-state index is 12.8. The number of carbonyl (C=O) groups is 2. The summed E-state index contributed by atoms with van der Waals surface area (Å²) in [6.45, 7) is 6.23. The van der Waals surface area contributed by atoms with Crippen LogP contribution in [0.4, 0.5) is 0 Å². The molecule has 24 heavy (non-hydrogen) atoms. The van der Waals surface area contributed by atoms with E-state index >= 15 is 0 Å². The second kappa shape index (κ2) is 7.38. The van der Waals surface area contributed by atoms with Gasteiger partial charge in [0.15, 0.2) is 11.5 Å². The summed E-state index contributed by atoms with van der Waals surface area (Å²) >= 11 is 0. The second-order valence-corrected chi connectivity index (χ2v) is 6.00. The van der Waals surface area contributed by atoms with Gasteiger partial charge in [-0.25, -0.2) is 0 Å². The summed E-state index contributed by atoms with van der Waals surface area (Å²) in [5.41, 5.74) is 1.26. The van der Waals surface area contributed by atoms with Crippen molar-refractivity contribution in [3.8, 4) is 11.5 Å². The maximum Gasteiger partial charge on any atom is 0.308 e. The Morgan fingerprint density at radius 1 is 1.33 bits per heavy atom. The summed E-state index contributed by atoms with van der Waals surface area (Å²) < 4.78 is 10.7. The van der Waals surface area contributed by atoms with Gasteiger partial charge in [0.05, 0.1) is 20.1 Å². The zero-order chi connectivity index (χ0) is 17.9. The number of hydrogen-bond acceptors (Lipinski definition) is 4. The van der Waals surface area contributed by atoms with Gasteiger partial charge in [-0.3, -0.25) is 9.59 Å². The predicted octanol–water partition coefficient (Wildman–Crippen LogP) is 2.22. The molecule has 0 unspecified atom stereocenters. The number of methoxy groups -OCH3 is 2.